The number of benzene rings is 2. The van der Waals surface area contributed by atoms with E-state index in [4.69, 9.17) is 31.4 Å². The number of phenolic OH excluding ortho intramolecular Hbond substituents is 1. The topological polar surface area (TPSA) is 367 Å². The lowest BCUT2D eigenvalue weighted by Gasteiger charge is -2.49. The van der Waals surface area contributed by atoms with E-state index in [1.807, 2.05) is 12.3 Å². The van der Waals surface area contributed by atoms with Crippen LogP contribution in [0.25, 0.3) is 0 Å². The number of allylic oxidation sites excluding steroid dienone is 3. The maximum atomic E-state index is 15.4. The van der Waals surface area contributed by atoms with Crippen molar-refractivity contribution in [1.82, 2.24) is 20.9 Å². The Bertz CT molecular complexity index is 2680. The number of imide groups is 1. The number of amides is 2. The summed E-state index contributed by atoms with van der Waals surface area (Å²) in [6.07, 6.45) is 3.33. The van der Waals surface area contributed by atoms with Crippen LogP contribution in [0.15, 0.2) is 70.7 Å². The number of aliphatic hydroxyl groups is 6. The van der Waals surface area contributed by atoms with Gasteiger partial charge in [-0.2, -0.15) is 0 Å². The molecule has 2 amide bonds. The van der Waals surface area contributed by atoms with Crippen LogP contribution in [-0.4, -0.2) is 147 Å². The largest absolute Gasteiger partial charge is 0.507 e. The molecule has 22 heteroatoms. The number of dihydropyridines is 2. The highest BCUT2D eigenvalue weighted by atomic mass is 16.7. The molecule has 4 aliphatic heterocycles. The lowest BCUT2D eigenvalue weighted by Crippen LogP contribution is -2.68. The average molecular weight is 985 g/mol. The van der Waals surface area contributed by atoms with Crippen molar-refractivity contribution in [3.8, 4) is 17.2 Å². The maximum absolute atomic E-state index is 15.4. The van der Waals surface area contributed by atoms with Gasteiger partial charge in [-0.05, 0) is 78.4 Å². The second kappa shape index (κ2) is 20.6. The SMILES string of the molecule is CN=C(N)NCc1c(O)c2c(c3c1C[C@H](C1=CNC(N)C=C1)[C@H](CCO)CC3)C(=O)c1c(CO)c(OC)cc(O[C@@H]3O[C@H](CO)[C@](O)(C[C@H](CN4C(=O)C=CC4=O)C4=CCNC(N)=C4)[C@H](O)[C@H]3O)c1C2=O. The first kappa shape index (κ1) is 50.7. The Morgan fingerprint density at radius 2 is 1.76 bits per heavy atom. The van der Waals surface area contributed by atoms with Gasteiger partial charge in [-0.15, -0.1) is 0 Å². The molecule has 0 bridgehead atoms. The predicted octanol–water partition coefficient (Wildman–Crippen LogP) is -2.06. The van der Waals surface area contributed by atoms with Crippen molar-refractivity contribution in [3.05, 3.63) is 110 Å². The number of aromatic hydroxyl groups is 1. The first-order valence-electron chi connectivity index (χ1n) is 23.3. The highest BCUT2D eigenvalue weighted by Gasteiger charge is 2.57. The fraction of sp³-hybridized carbons (Fsp3) is 0.449. The van der Waals surface area contributed by atoms with Gasteiger partial charge in [-0.25, -0.2) is 0 Å². The molecule has 1 unspecified atom stereocenters. The molecule has 0 spiro atoms. The number of aliphatic imine (C=N–C) groups is 1. The first-order valence-corrected chi connectivity index (χ1v) is 23.3. The van der Waals surface area contributed by atoms with E-state index in [9.17, 15) is 45.3 Å². The van der Waals surface area contributed by atoms with Crippen LogP contribution < -0.4 is 42.6 Å². The molecule has 0 aromatic heterocycles. The fourth-order valence-electron chi connectivity index (χ4n) is 10.8. The minimum atomic E-state index is -2.49. The Labute approximate surface area is 407 Å². The lowest BCUT2D eigenvalue weighted by atomic mass is 9.74. The van der Waals surface area contributed by atoms with Crippen molar-refractivity contribution in [2.24, 2.45) is 39.9 Å². The Hall–Kier alpha value is -6.63. The summed E-state index contributed by atoms with van der Waals surface area (Å²) in [5, 5.41) is 89.2. The van der Waals surface area contributed by atoms with Gasteiger partial charge in [0.25, 0.3) is 11.8 Å². The van der Waals surface area contributed by atoms with Crippen LogP contribution in [0.2, 0.25) is 0 Å². The molecule has 0 saturated carbocycles. The van der Waals surface area contributed by atoms with Crippen LogP contribution in [0.1, 0.15) is 73.4 Å². The molecular weight excluding hydrogens is 925 g/mol. The molecule has 4 heterocycles. The number of hydrogen-bond donors (Lipinski definition) is 13. The van der Waals surface area contributed by atoms with Crippen LogP contribution in [-0.2, 0) is 40.3 Å². The number of phenols is 1. The number of ketones is 2. The fourth-order valence-corrected chi connectivity index (χ4v) is 10.8. The monoisotopic (exact) mass is 984 g/mol. The highest BCUT2D eigenvalue weighted by molar-refractivity contribution is 6.31. The third kappa shape index (κ3) is 9.28. The molecule has 16 N–H and O–H groups in total. The second-order valence-electron chi connectivity index (χ2n) is 18.4. The molecule has 9 atom stereocenters. The predicted molar refractivity (Wildman–Crippen MR) is 253 cm³/mol. The van der Waals surface area contributed by atoms with Crippen molar-refractivity contribution in [3.63, 3.8) is 0 Å². The maximum Gasteiger partial charge on any atom is 0.253 e. The Morgan fingerprint density at radius 1 is 1.03 bits per heavy atom. The number of guanidine groups is 1. The van der Waals surface area contributed by atoms with Gasteiger partial charge in [0, 0.05) is 85.9 Å². The zero-order chi connectivity index (χ0) is 51.1. The number of nitrogens with one attached hydrogen (secondary N) is 3. The molecule has 0 radical (unpaired) electrons. The van der Waals surface area contributed by atoms with Gasteiger partial charge in [0.05, 0.1) is 43.4 Å². The van der Waals surface area contributed by atoms with Gasteiger partial charge >= 0.3 is 0 Å². The number of fused-ring (bicyclic) bond motifs is 4. The molecule has 2 aromatic carbocycles. The summed E-state index contributed by atoms with van der Waals surface area (Å²) in [7, 11) is 2.72. The molecule has 8 rings (SSSR count). The number of hydrogen-bond acceptors (Lipinski definition) is 19. The smallest absolute Gasteiger partial charge is 0.253 e. The van der Waals surface area contributed by atoms with Gasteiger partial charge in [0.2, 0.25) is 12.1 Å². The van der Waals surface area contributed by atoms with Gasteiger partial charge < -0.3 is 83.1 Å². The molecule has 71 heavy (non-hydrogen) atoms. The van der Waals surface area contributed by atoms with E-state index in [0.29, 0.717) is 29.5 Å². The summed E-state index contributed by atoms with van der Waals surface area (Å²) in [6, 6.07) is 1.17. The second-order valence-corrected chi connectivity index (χ2v) is 18.4. The van der Waals surface area contributed by atoms with Crippen molar-refractivity contribution in [2.45, 2.75) is 81.6 Å². The standard InChI is InChI=1S/C49H60N8O14/c1-53-48(52)56-18-29-28-14-27(24-4-6-34(50)55-17-24)22(10-12-58)3-5-26(28)38-41(42(29)63)44(65)40-32(15-31(69-2)30(20-59)39(40)43(38)64)70-47-45(66)46(67)49(68,33(21-60)71-47)16-25(23-9-11-54-35(51)13-23)19-57-36(61)7-8-37(57)62/h4,6-9,13,15,17,22,25,27,33-34,45-47,54-55,58-60,63,66-68H,3,5,10-12,14,16,18-21,50-51H2,1-2H3,(H3,52,53,56)/t22-,25+,27-,33+,34?,45+,46+,47+,49+/m0/s1. The van der Waals surface area contributed by atoms with Gasteiger partial charge in [-0.3, -0.25) is 29.1 Å². The zero-order valence-corrected chi connectivity index (χ0v) is 39.1. The van der Waals surface area contributed by atoms with Crippen LogP contribution in [0.5, 0.6) is 17.2 Å². The van der Waals surface area contributed by atoms with Crippen LogP contribution in [0, 0.1) is 17.8 Å². The van der Waals surface area contributed by atoms with Crippen molar-refractivity contribution < 1.29 is 69.1 Å². The molecule has 1 fully saturated rings. The summed E-state index contributed by atoms with van der Waals surface area (Å²) < 4.78 is 17.9. The summed E-state index contributed by atoms with van der Waals surface area (Å²) in [5.41, 5.74) is 17.0. The van der Waals surface area contributed by atoms with E-state index in [2.05, 4.69) is 20.9 Å². The molecule has 1 saturated heterocycles. The van der Waals surface area contributed by atoms with Crippen molar-refractivity contribution in [2.75, 3.05) is 40.5 Å². The third-order valence-corrected chi connectivity index (χ3v) is 14.5. The lowest BCUT2D eigenvalue weighted by molar-refractivity contribution is -0.316. The Morgan fingerprint density at radius 3 is 2.39 bits per heavy atom. The number of rotatable bonds is 15. The normalized spacial score (nSPS) is 27.6. The number of nitrogens with two attached hydrogens (primary N) is 3. The number of carbonyl (C=O) groups excluding carboxylic acids is 4. The highest BCUT2D eigenvalue weighted by Crippen LogP contribution is 2.49. The molecule has 2 aliphatic carbocycles. The average Bonchev–Trinajstić information content (AvgIpc) is 3.55. The summed E-state index contributed by atoms with van der Waals surface area (Å²) in [6.45, 7) is -2.07. The minimum absolute atomic E-state index is 0.0225. The molecule has 22 nitrogen and oxygen atoms in total. The quantitative estimate of drug-likeness (QED) is 0.0337. The number of ether oxygens (including phenoxy) is 3. The molecular formula is C49H60N8O14. The van der Waals surface area contributed by atoms with E-state index in [1.165, 1.54) is 26.3 Å². The van der Waals surface area contributed by atoms with Crippen molar-refractivity contribution in [1.29, 1.82) is 0 Å². The zero-order valence-electron chi connectivity index (χ0n) is 39.1. The molecule has 2 aromatic rings. The van der Waals surface area contributed by atoms with Crippen LogP contribution in [0.4, 0.5) is 0 Å². The number of carbonyl (C=O) groups is 4. The Balaban J connectivity index is 1.20. The van der Waals surface area contributed by atoms with E-state index >= 15 is 9.59 Å². The van der Waals surface area contributed by atoms with E-state index < -0.39 is 102 Å². The summed E-state index contributed by atoms with van der Waals surface area (Å²) >= 11 is 0. The number of methoxy groups -OCH3 is 1. The van der Waals surface area contributed by atoms with Gasteiger partial charge in [0.15, 0.2) is 11.7 Å². The third-order valence-electron chi connectivity index (χ3n) is 14.5. The van der Waals surface area contributed by atoms with E-state index in [1.54, 1.807) is 12.2 Å². The minimum Gasteiger partial charge on any atom is -0.507 e. The molecule has 6 aliphatic rings. The van der Waals surface area contributed by atoms with Crippen LogP contribution >= 0.6 is 0 Å². The van der Waals surface area contributed by atoms with Crippen molar-refractivity contribution >= 4 is 29.3 Å². The van der Waals surface area contributed by atoms with E-state index in [0.717, 1.165) is 22.6 Å². The number of nitrogens with zero attached hydrogens (tertiary/aromatic N) is 2. The van der Waals surface area contributed by atoms with Gasteiger partial charge in [-0.1, -0.05) is 12.2 Å². The Kier molecular flexibility index (Phi) is 14.7. The van der Waals surface area contributed by atoms with Crippen LogP contribution in [0.3, 0.4) is 0 Å². The summed E-state index contributed by atoms with van der Waals surface area (Å²) in [4.78, 5) is 61.0. The summed E-state index contributed by atoms with van der Waals surface area (Å²) in [5.74, 6) is -5.07. The van der Waals surface area contributed by atoms with Gasteiger partial charge in [0.1, 0.15) is 41.2 Å². The molecule has 380 valence electrons. The number of aliphatic hydroxyl groups excluding tert-OH is 5. The van der Waals surface area contributed by atoms with E-state index in [-0.39, 0.29) is 96.3 Å². The first-order chi connectivity index (χ1) is 34.0.